The van der Waals surface area contributed by atoms with Crippen LogP contribution in [0.2, 0.25) is 0 Å². The van der Waals surface area contributed by atoms with Gasteiger partial charge in [-0.15, -0.1) is 0 Å². The fourth-order valence-electron chi connectivity index (χ4n) is 1.46. The zero-order valence-corrected chi connectivity index (χ0v) is 11.7. The third-order valence-electron chi connectivity index (χ3n) is 2.29. The van der Waals surface area contributed by atoms with Crippen molar-refractivity contribution in [2.24, 2.45) is 4.99 Å². The maximum atomic E-state index is 10.9. The number of rotatable bonds is 2. The Morgan fingerprint density at radius 2 is 2.50 bits per heavy atom. The number of nitrogens with zero attached hydrogens (tertiary/aromatic N) is 3. The molecule has 2 aliphatic rings. The second-order valence-electron chi connectivity index (χ2n) is 3.71. The quantitative estimate of drug-likeness (QED) is 0.518. The molecule has 1 atom stereocenters. The van der Waals surface area contributed by atoms with E-state index in [4.69, 9.17) is 0 Å². The second kappa shape index (κ2) is 5.10. The van der Waals surface area contributed by atoms with Crippen LogP contribution in [0.25, 0.3) is 0 Å². The molecule has 0 saturated heterocycles. The molecule has 0 aliphatic carbocycles. The van der Waals surface area contributed by atoms with Crippen LogP contribution in [0.3, 0.4) is 0 Å². The van der Waals surface area contributed by atoms with Crippen LogP contribution in [-0.2, 0) is 11.3 Å². The average molecular weight is 302 g/mol. The van der Waals surface area contributed by atoms with Gasteiger partial charge in [-0.1, -0.05) is 0 Å². The first kappa shape index (κ1) is 11.8. The predicted octanol–water partition coefficient (Wildman–Crippen LogP) is -0.324. The van der Waals surface area contributed by atoms with Crippen molar-refractivity contribution < 1.29 is 4.21 Å². The molecule has 0 radical (unpaired) electrons. The minimum absolute atomic E-state index is 0.106. The van der Waals surface area contributed by atoms with Crippen LogP contribution in [0.1, 0.15) is 0 Å². The first-order chi connectivity index (χ1) is 7.70. The van der Waals surface area contributed by atoms with E-state index in [1.54, 1.807) is 0 Å². The van der Waals surface area contributed by atoms with Crippen molar-refractivity contribution in [3.8, 4) is 0 Å². The molecule has 16 heavy (non-hydrogen) atoms. The van der Waals surface area contributed by atoms with E-state index in [1.165, 1.54) is 4.47 Å². The molecule has 0 bridgehead atoms. The van der Waals surface area contributed by atoms with Gasteiger partial charge in [0.05, 0.1) is 0 Å². The van der Waals surface area contributed by atoms with Crippen molar-refractivity contribution in [2.75, 3.05) is 20.8 Å². The van der Waals surface area contributed by atoms with Crippen molar-refractivity contribution in [2.45, 2.75) is 6.04 Å². The van der Waals surface area contributed by atoms with Crippen molar-refractivity contribution in [3.63, 3.8) is 0 Å². The Labute approximate surface area is 105 Å². The molecule has 0 fully saturated rings. The third-order valence-corrected chi connectivity index (χ3v) is 5.86. The van der Waals surface area contributed by atoms with Gasteiger partial charge in [0, 0.05) is 0 Å². The van der Waals surface area contributed by atoms with Gasteiger partial charge in [0.25, 0.3) is 0 Å². The molecule has 2 heterocycles. The fourth-order valence-corrected chi connectivity index (χ4v) is 3.87. The van der Waals surface area contributed by atoms with E-state index >= 15 is 0 Å². The van der Waals surface area contributed by atoms with Crippen molar-refractivity contribution >= 4 is 36.3 Å². The molecule has 0 amide bonds. The summed E-state index contributed by atoms with van der Waals surface area (Å²) in [7, 11) is 3.83. The summed E-state index contributed by atoms with van der Waals surface area (Å²) in [6.07, 6.45) is 8.30. The Morgan fingerprint density at radius 3 is 3.19 bits per heavy atom. The van der Waals surface area contributed by atoms with E-state index in [0.29, 0.717) is 17.3 Å². The number of hydrogen-bond donors (Lipinski definition) is 0. The van der Waals surface area contributed by atoms with E-state index in [9.17, 15) is 4.21 Å². The van der Waals surface area contributed by atoms with E-state index in [-0.39, 0.29) is 15.0 Å². The fraction of sp³-hybridized carbons (Fsp3) is 0.400. The standard InChI is InChI=1S/C10H13N3OSSe/c1-12(2)10(15-14)16-9-3-4-13-7-11-6-8(13)5-9/h3-6,8H,7H2,1-2H3. The summed E-state index contributed by atoms with van der Waals surface area (Å²) in [5.74, 6) is 0. The number of aliphatic imine (C=N–C) groups is 1. The molecule has 1 unspecified atom stereocenters. The van der Waals surface area contributed by atoms with Crippen LogP contribution in [-0.4, -0.2) is 65.9 Å². The molecular formula is C10H13N3OSSe. The molecule has 6 heteroatoms. The van der Waals surface area contributed by atoms with Gasteiger partial charge in [-0.2, -0.15) is 0 Å². The van der Waals surface area contributed by atoms with E-state index < -0.39 is 0 Å². The molecule has 2 rings (SSSR count). The van der Waals surface area contributed by atoms with Crippen molar-refractivity contribution in [1.82, 2.24) is 9.80 Å². The summed E-state index contributed by atoms with van der Waals surface area (Å²) in [5, 5.41) is 0. The Balaban J connectivity index is 2.09. The van der Waals surface area contributed by atoms with Gasteiger partial charge in [-0.3, -0.25) is 0 Å². The third kappa shape index (κ3) is 2.52. The van der Waals surface area contributed by atoms with Crippen LogP contribution in [0, 0.1) is 0 Å². The SMILES string of the molecule is CN(C)C(=S=O)[Se]C1=CC2C=NCN2C=C1. The van der Waals surface area contributed by atoms with Gasteiger partial charge >= 0.3 is 105 Å². The van der Waals surface area contributed by atoms with Crippen LogP contribution < -0.4 is 0 Å². The van der Waals surface area contributed by atoms with E-state index in [0.717, 1.165) is 10.6 Å². The second-order valence-corrected chi connectivity index (χ2v) is 7.07. The maximum absolute atomic E-state index is 10.9. The number of allylic oxidation sites excluding steroid dienone is 2. The number of hydrogen-bond acceptors (Lipinski definition) is 3. The summed E-state index contributed by atoms with van der Waals surface area (Å²) in [6, 6.07) is 0.293. The molecule has 86 valence electrons. The average Bonchev–Trinajstić information content (AvgIpc) is 2.72. The Kier molecular flexibility index (Phi) is 3.76. The topological polar surface area (TPSA) is 35.9 Å². The molecular weight excluding hydrogens is 289 g/mol. The summed E-state index contributed by atoms with van der Waals surface area (Å²) in [5.41, 5.74) is 0. The molecule has 0 aromatic carbocycles. The molecule has 0 N–H and O–H groups in total. The van der Waals surface area contributed by atoms with Crippen LogP contribution in [0.5, 0.6) is 0 Å². The van der Waals surface area contributed by atoms with Crippen molar-refractivity contribution in [1.29, 1.82) is 0 Å². The van der Waals surface area contributed by atoms with Gasteiger partial charge < -0.3 is 0 Å². The van der Waals surface area contributed by atoms with E-state index in [2.05, 4.69) is 28.2 Å². The number of fused-ring (bicyclic) bond motifs is 1. The summed E-state index contributed by atoms with van der Waals surface area (Å²) in [4.78, 5) is 8.29. The summed E-state index contributed by atoms with van der Waals surface area (Å²) in [6.45, 7) is 0.749. The zero-order valence-electron chi connectivity index (χ0n) is 9.16. The zero-order chi connectivity index (χ0) is 11.5. The Hall–Kier alpha value is -0.681. The Morgan fingerprint density at radius 1 is 1.69 bits per heavy atom. The van der Waals surface area contributed by atoms with Crippen molar-refractivity contribution in [3.05, 3.63) is 22.8 Å². The van der Waals surface area contributed by atoms with Crippen LogP contribution in [0.15, 0.2) is 27.8 Å². The van der Waals surface area contributed by atoms with Crippen LogP contribution in [0.4, 0.5) is 0 Å². The van der Waals surface area contributed by atoms with Crippen LogP contribution >= 0.6 is 0 Å². The van der Waals surface area contributed by atoms with Gasteiger partial charge in [0.15, 0.2) is 0 Å². The van der Waals surface area contributed by atoms with Gasteiger partial charge in [-0.25, -0.2) is 0 Å². The first-order valence-corrected chi connectivity index (χ1v) is 7.34. The molecule has 4 nitrogen and oxygen atoms in total. The Bertz CT molecular complexity index is 424. The molecule has 0 spiro atoms. The monoisotopic (exact) mass is 303 g/mol. The predicted molar refractivity (Wildman–Crippen MR) is 68.8 cm³/mol. The summed E-state index contributed by atoms with van der Waals surface area (Å²) < 4.78 is 13.1. The van der Waals surface area contributed by atoms with Gasteiger partial charge in [-0.05, 0) is 0 Å². The molecule has 0 saturated carbocycles. The van der Waals surface area contributed by atoms with E-state index in [1.807, 2.05) is 25.2 Å². The molecule has 0 aromatic heterocycles. The van der Waals surface area contributed by atoms with Gasteiger partial charge in [0.2, 0.25) is 0 Å². The summed E-state index contributed by atoms with van der Waals surface area (Å²) >= 11 is 0.701. The molecule has 2 aliphatic heterocycles. The normalized spacial score (nSPS) is 22.3. The first-order valence-electron chi connectivity index (χ1n) is 4.88. The minimum atomic E-state index is 0.106. The van der Waals surface area contributed by atoms with Gasteiger partial charge in [0.1, 0.15) is 0 Å². The molecule has 0 aromatic rings.